The molecule has 0 aliphatic carbocycles. The number of cyclic esters (lactones) is 1. The zero-order chi connectivity index (χ0) is 10.7. The van der Waals surface area contributed by atoms with Gasteiger partial charge in [0.1, 0.15) is 0 Å². The van der Waals surface area contributed by atoms with Crippen molar-refractivity contribution >= 4 is 22.0 Å². The number of benzene rings is 1. The molecule has 1 aliphatic rings. The van der Waals surface area contributed by atoms with E-state index in [1.54, 1.807) is 0 Å². The van der Waals surface area contributed by atoms with Gasteiger partial charge in [-0.2, -0.15) is 0 Å². The Balaban J connectivity index is 1.97. The van der Waals surface area contributed by atoms with E-state index in [9.17, 15) is 4.79 Å². The van der Waals surface area contributed by atoms with E-state index < -0.39 is 0 Å². The minimum atomic E-state index is -0.307. The minimum absolute atomic E-state index is 0.307. The number of alkyl carbamates (subject to hydrolysis) is 1. The highest BCUT2D eigenvalue weighted by Gasteiger charge is 2.19. The van der Waals surface area contributed by atoms with E-state index in [-0.39, 0.29) is 6.09 Å². The number of carbonyl (C=O) groups excluding carboxylic acids is 1. The van der Waals surface area contributed by atoms with Gasteiger partial charge in [0.15, 0.2) is 0 Å². The summed E-state index contributed by atoms with van der Waals surface area (Å²) in [4.78, 5) is 10.8. The summed E-state index contributed by atoms with van der Waals surface area (Å²) in [6.45, 7) is 1.20. The average molecular weight is 270 g/mol. The second-order valence-electron chi connectivity index (χ2n) is 3.64. The molecule has 80 valence electrons. The molecule has 0 radical (unpaired) electrons. The fourth-order valence-corrected chi connectivity index (χ4v) is 2.08. The molecule has 3 nitrogen and oxygen atoms in total. The number of hydrogen-bond donors (Lipinski definition) is 1. The van der Waals surface area contributed by atoms with E-state index in [2.05, 4.69) is 27.3 Å². The molecule has 1 saturated heterocycles. The van der Waals surface area contributed by atoms with Crippen LogP contribution in [0, 0.1) is 5.92 Å². The Kier molecular flexibility index (Phi) is 3.26. The summed E-state index contributed by atoms with van der Waals surface area (Å²) >= 11 is 3.51. The highest BCUT2D eigenvalue weighted by Crippen LogP contribution is 2.20. The summed E-state index contributed by atoms with van der Waals surface area (Å²) in [5.74, 6) is 0.362. The molecule has 1 aromatic rings. The minimum Gasteiger partial charge on any atom is -0.449 e. The van der Waals surface area contributed by atoms with Crippen molar-refractivity contribution in [1.29, 1.82) is 0 Å². The molecule has 1 fully saturated rings. The van der Waals surface area contributed by atoms with Crippen LogP contribution in [0.5, 0.6) is 0 Å². The van der Waals surface area contributed by atoms with Crippen LogP contribution in [0.4, 0.5) is 4.79 Å². The van der Waals surface area contributed by atoms with Gasteiger partial charge in [-0.15, -0.1) is 0 Å². The Hall–Kier alpha value is -1.03. The van der Waals surface area contributed by atoms with Crippen LogP contribution < -0.4 is 5.32 Å². The molecule has 1 N–H and O–H groups in total. The maximum absolute atomic E-state index is 10.8. The first-order chi connectivity index (χ1) is 7.25. The van der Waals surface area contributed by atoms with Gasteiger partial charge in [-0.05, 0) is 18.1 Å². The van der Waals surface area contributed by atoms with Crippen molar-refractivity contribution in [2.45, 2.75) is 6.42 Å². The summed E-state index contributed by atoms with van der Waals surface area (Å²) in [5.41, 5.74) is 1.25. The van der Waals surface area contributed by atoms with Crippen molar-refractivity contribution in [3.05, 3.63) is 34.3 Å². The van der Waals surface area contributed by atoms with Gasteiger partial charge in [0, 0.05) is 16.9 Å². The number of hydrogen-bond acceptors (Lipinski definition) is 2. The third-order valence-corrected chi connectivity index (χ3v) is 3.23. The van der Waals surface area contributed by atoms with Gasteiger partial charge < -0.3 is 10.1 Å². The summed E-state index contributed by atoms with van der Waals surface area (Å²) in [7, 11) is 0. The standard InChI is InChI=1S/C11H12BrNO2/c12-10-4-2-1-3-9(10)5-8-6-13-11(14)15-7-8/h1-4,8H,5-7H2,(H,13,14). The topological polar surface area (TPSA) is 38.3 Å². The van der Waals surface area contributed by atoms with Crippen molar-refractivity contribution < 1.29 is 9.53 Å². The van der Waals surface area contributed by atoms with Crippen molar-refractivity contribution in [1.82, 2.24) is 5.32 Å². The largest absolute Gasteiger partial charge is 0.449 e. The number of halogens is 1. The number of carbonyl (C=O) groups is 1. The van der Waals surface area contributed by atoms with E-state index >= 15 is 0 Å². The Morgan fingerprint density at radius 1 is 1.47 bits per heavy atom. The molecule has 1 aliphatic heterocycles. The maximum Gasteiger partial charge on any atom is 0.407 e. The smallest absolute Gasteiger partial charge is 0.407 e. The molecule has 1 amide bonds. The summed E-state index contributed by atoms with van der Waals surface area (Å²) in [6.07, 6.45) is 0.611. The Bertz CT molecular complexity index is 357. The molecule has 1 aromatic carbocycles. The van der Waals surface area contributed by atoms with Crippen LogP contribution in [0.1, 0.15) is 5.56 Å². The monoisotopic (exact) mass is 269 g/mol. The van der Waals surface area contributed by atoms with Gasteiger partial charge in [0.2, 0.25) is 0 Å². The molecular weight excluding hydrogens is 258 g/mol. The Morgan fingerprint density at radius 3 is 2.93 bits per heavy atom. The van der Waals surface area contributed by atoms with Gasteiger partial charge in [-0.3, -0.25) is 0 Å². The lowest BCUT2D eigenvalue weighted by molar-refractivity contribution is 0.103. The SMILES string of the molecule is O=C1NCC(Cc2ccccc2Br)CO1. The molecule has 15 heavy (non-hydrogen) atoms. The number of nitrogens with one attached hydrogen (secondary N) is 1. The third-order valence-electron chi connectivity index (χ3n) is 2.45. The second-order valence-corrected chi connectivity index (χ2v) is 4.50. The van der Waals surface area contributed by atoms with Gasteiger partial charge in [0.05, 0.1) is 6.61 Å². The van der Waals surface area contributed by atoms with Crippen LogP contribution in [0.25, 0.3) is 0 Å². The maximum atomic E-state index is 10.8. The summed E-state index contributed by atoms with van der Waals surface area (Å²) in [5, 5.41) is 2.70. The van der Waals surface area contributed by atoms with E-state index in [1.165, 1.54) is 5.56 Å². The lowest BCUT2D eigenvalue weighted by Gasteiger charge is -2.23. The van der Waals surface area contributed by atoms with Crippen LogP contribution in [0.3, 0.4) is 0 Å². The molecular formula is C11H12BrNO2. The zero-order valence-electron chi connectivity index (χ0n) is 8.20. The van der Waals surface area contributed by atoms with Crippen LogP contribution in [-0.4, -0.2) is 19.2 Å². The highest BCUT2D eigenvalue weighted by molar-refractivity contribution is 9.10. The fourth-order valence-electron chi connectivity index (χ4n) is 1.64. The average Bonchev–Trinajstić information content (AvgIpc) is 2.25. The summed E-state index contributed by atoms with van der Waals surface area (Å²) < 4.78 is 6.05. The second kappa shape index (κ2) is 4.66. The molecule has 0 bridgehead atoms. The first kappa shape index (κ1) is 10.5. The van der Waals surface area contributed by atoms with E-state index in [1.807, 2.05) is 18.2 Å². The van der Waals surface area contributed by atoms with Crippen molar-refractivity contribution in [2.24, 2.45) is 5.92 Å². The predicted octanol–water partition coefficient (Wildman–Crippen LogP) is 2.35. The highest BCUT2D eigenvalue weighted by atomic mass is 79.9. The predicted molar refractivity (Wildman–Crippen MR) is 60.7 cm³/mol. The third kappa shape index (κ3) is 2.72. The lowest BCUT2D eigenvalue weighted by Crippen LogP contribution is -2.39. The fraction of sp³-hybridized carbons (Fsp3) is 0.364. The molecule has 1 unspecified atom stereocenters. The lowest BCUT2D eigenvalue weighted by atomic mass is 9.99. The van der Waals surface area contributed by atoms with Crippen LogP contribution >= 0.6 is 15.9 Å². The molecule has 0 saturated carbocycles. The van der Waals surface area contributed by atoms with Crippen LogP contribution in [-0.2, 0) is 11.2 Å². The number of amides is 1. The van der Waals surface area contributed by atoms with Crippen molar-refractivity contribution in [2.75, 3.05) is 13.2 Å². The number of ether oxygens (including phenoxy) is 1. The van der Waals surface area contributed by atoms with Crippen LogP contribution in [0.15, 0.2) is 28.7 Å². The Morgan fingerprint density at radius 2 is 2.27 bits per heavy atom. The molecule has 0 aromatic heterocycles. The van der Waals surface area contributed by atoms with E-state index in [0.29, 0.717) is 19.1 Å². The molecule has 1 heterocycles. The molecule has 4 heteroatoms. The van der Waals surface area contributed by atoms with Gasteiger partial charge in [-0.1, -0.05) is 34.1 Å². The van der Waals surface area contributed by atoms with Gasteiger partial charge in [-0.25, -0.2) is 4.79 Å². The number of rotatable bonds is 2. The normalized spacial score (nSPS) is 20.6. The van der Waals surface area contributed by atoms with Crippen molar-refractivity contribution in [3.8, 4) is 0 Å². The molecule has 1 atom stereocenters. The quantitative estimate of drug-likeness (QED) is 0.895. The van der Waals surface area contributed by atoms with Gasteiger partial charge in [0.25, 0.3) is 0 Å². The van der Waals surface area contributed by atoms with Crippen LogP contribution in [0.2, 0.25) is 0 Å². The molecule has 2 rings (SSSR count). The van der Waals surface area contributed by atoms with E-state index in [0.717, 1.165) is 10.9 Å². The van der Waals surface area contributed by atoms with E-state index in [4.69, 9.17) is 4.74 Å². The molecule has 0 spiro atoms. The zero-order valence-corrected chi connectivity index (χ0v) is 9.79. The summed E-state index contributed by atoms with van der Waals surface area (Å²) in [6, 6.07) is 8.12. The van der Waals surface area contributed by atoms with Crippen molar-refractivity contribution in [3.63, 3.8) is 0 Å². The van der Waals surface area contributed by atoms with Gasteiger partial charge >= 0.3 is 6.09 Å². The first-order valence-electron chi connectivity index (χ1n) is 4.90. The first-order valence-corrected chi connectivity index (χ1v) is 5.69. The Labute approximate surface area is 96.9 Å².